The molecule has 1 unspecified atom stereocenters. The van der Waals surface area contributed by atoms with E-state index in [1.54, 1.807) is 18.1 Å². The molecule has 2 aromatic rings. The molecule has 1 radical (unpaired) electrons. The molecule has 3 fully saturated rings. The van der Waals surface area contributed by atoms with Crippen molar-refractivity contribution in [1.82, 2.24) is 10.2 Å². The number of hydrogen-bond donors (Lipinski definition) is 1. The first-order valence-corrected chi connectivity index (χ1v) is 19.8. The molecule has 4 aliphatic heterocycles. The third-order valence-electron chi connectivity index (χ3n) is 11.0. The van der Waals surface area contributed by atoms with Crippen molar-refractivity contribution in [2.45, 2.75) is 94.9 Å². The number of fused-ring (bicyclic) bond motifs is 5. The molecule has 5 atom stereocenters. The van der Waals surface area contributed by atoms with Crippen molar-refractivity contribution in [3.05, 3.63) is 47.0 Å². The van der Waals surface area contributed by atoms with Crippen molar-refractivity contribution in [2.75, 3.05) is 20.5 Å². The van der Waals surface area contributed by atoms with Crippen LogP contribution in [0.25, 0.3) is 0 Å². The number of amides is 1. The van der Waals surface area contributed by atoms with Crippen molar-refractivity contribution in [3.63, 3.8) is 0 Å². The van der Waals surface area contributed by atoms with E-state index in [0.29, 0.717) is 47.3 Å². The van der Waals surface area contributed by atoms with E-state index in [9.17, 15) is 9.59 Å². The Kier molecular flexibility index (Phi) is 7.28. The van der Waals surface area contributed by atoms with Gasteiger partial charge in [0, 0.05) is 28.7 Å². The van der Waals surface area contributed by atoms with Gasteiger partial charge < -0.3 is 37.2 Å². The van der Waals surface area contributed by atoms with Crippen LogP contribution in [0.5, 0.6) is 34.5 Å². The highest BCUT2D eigenvalue weighted by molar-refractivity contribution is 8.16. The van der Waals surface area contributed by atoms with Crippen LogP contribution in [0.1, 0.15) is 68.8 Å². The lowest BCUT2D eigenvalue weighted by Gasteiger charge is -2.52. The Labute approximate surface area is 288 Å². The molecule has 1 N–H and O–H groups in total. The lowest BCUT2D eigenvalue weighted by Crippen LogP contribution is -2.70. The molecular weight excluding hydrogens is 651 g/mol. The summed E-state index contributed by atoms with van der Waals surface area (Å²) in [6.45, 7) is 18.8. The van der Waals surface area contributed by atoms with Crippen LogP contribution >= 0.6 is 11.9 Å². The number of likely N-dealkylation sites (tertiary alicyclic amines) is 1. The molecule has 3 saturated heterocycles. The normalized spacial score (nSPS) is 27.9. The average molecular weight is 696 g/mol. The van der Waals surface area contributed by atoms with Gasteiger partial charge in [-0.15, -0.1) is 0 Å². The number of carbonyl (C=O) groups excluding carboxylic acids is 2. The van der Waals surface area contributed by atoms with E-state index in [2.05, 4.69) is 45.8 Å². The zero-order valence-corrected chi connectivity index (χ0v) is 30.4. The zero-order chi connectivity index (χ0) is 35.3. The Morgan fingerprint density at radius 2 is 1.96 bits per heavy atom. The minimum atomic E-state index is -2.29. The largest absolute Gasteiger partial charge is 0.541 e. The maximum absolute atomic E-state index is 14.4. The lowest BCUT2D eigenvalue weighted by molar-refractivity contribution is -0.209. The number of nitrogens with one attached hydrogen (secondary N) is 1. The van der Waals surface area contributed by atoms with Crippen LogP contribution in [-0.4, -0.2) is 66.1 Å². The molecule has 14 heteroatoms. The zero-order valence-electron chi connectivity index (χ0n) is 29.6. The Balaban J connectivity index is 1.20. The summed E-state index contributed by atoms with van der Waals surface area (Å²) >= 11 is 0.872. The van der Waals surface area contributed by atoms with Crippen LogP contribution in [0, 0.1) is 6.92 Å². The van der Waals surface area contributed by atoms with Gasteiger partial charge in [-0.2, -0.15) is 0 Å². The number of nitrogens with zero attached hydrogens (tertiary/aromatic N) is 1. The summed E-state index contributed by atoms with van der Waals surface area (Å²) in [5.74, 6) is 2.57. The van der Waals surface area contributed by atoms with Gasteiger partial charge in [0.05, 0.1) is 19.2 Å². The van der Waals surface area contributed by atoms with Crippen LogP contribution < -0.4 is 32.9 Å². The van der Waals surface area contributed by atoms with Crippen LogP contribution in [0.4, 0.5) is 0 Å². The fourth-order valence-electron chi connectivity index (χ4n) is 7.65. The summed E-state index contributed by atoms with van der Waals surface area (Å²) in [6, 6.07) is 2.05. The first-order valence-electron chi connectivity index (χ1n) is 16.7. The minimum absolute atomic E-state index is 0.0555. The molecule has 1 aliphatic carbocycles. The number of esters is 1. The highest BCUT2D eigenvalue weighted by Crippen LogP contribution is 2.69. The monoisotopic (exact) mass is 695 g/mol. The van der Waals surface area contributed by atoms with E-state index in [4.69, 9.17) is 33.6 Å². The van der Waals surface area contributed by atoms with Crippen LogP contribution in [0.2, 0.25) is 18.1 Å². The standard InChI is InChI=1S/C34H42BN2O9SSi/c1-10-11-41-25-17(2)26-28(43-16-42-26)23-20-15-34(24(23)25)29(31(39)44-34)37(20)30(38)19-14-33(6,36-19)18-12-21(45-47-35)27(40-7)22(13-18)46-48(8,9)32(3,4)5/h10,12-13,19-20,29,35-36H,1,11,14-16H2,2-9H3/t19-,20+,29+,33?,34-/m0/s1/i35T. The van der Waals surface area contributed by atoms with Gasteiger partial charge in [-0.05, 0) is 69.3 Å². The van der Waals surface area contributed by atoms with Crippen molar-refractivity contribution in [3.8, 4) is 34.5 Å². The van der Waals surface area contributed by atoms with E-state index < -0.39 is 43.6 Å². The van der Waals surface area contributed by atoms with Crippen LogP contribution in [0.15, 0.2) is 24.8 Å². The van der Waals surface area contributed by atoms with Crippen molar-refractivity contribution >= 4 is 39.2 Å². The number of benzene rings is 2. The first-order chi connectivity index (χ1) is 23.1. The Morgan fingerprint density at radius 3 is 2.60 bits per heavy atom. The van der Waals surface area contributed by atoms with E-state index >= 15 is 0 Å². The smallest absolute Gasteiger partial charge is 0.334 e. The topological polar surface area (TPSA) is 114 Å². The maximum atomic E-state index is 14.4. The summed E-state index contributed by atoms with van der Waals surface area (Å²) in [7, 11) is 0.373. The van der Waals surface area contributed by atoms with Gasteiger partial charge in [0.2, 0.25) is 25.5 Å². The molecule has 4 heterocycles. The maximum Gasteiger partial charge on any atom is 0.334 e. The average Bonchev–Trinajstić information content (AvgIpc) is 3.71. The highest BCUT2D eigenvalue weighted by atomic mass is 32.2. The SMILES string of the molecule is [3H][B]SOc1cc(C2(C)C[C@@H](C(=O)N3[C@@H]4C[C@]5(OC(=O)[C@@H]35)c3c(OCC=C)c(C)c5c(c34)OCO5)N2)cc(O[Si](C)(C)C(C)(C)C)c1OC. The Bertz CT molecular complexity index is 1760. The number of hydrogen-bond acceptors (Lipinski definition) is 11. The van der Waals surface area contributed by atoms with Gasteiger partial charge in [0.25, 0.3) is 8.32 Å². The summed E-state index contributed by atoms with van der Waals surface area (Å²) < 4.78 is 49.8. The third kappa shape index (κ3) is 4.51. The second kappa shape index (κ2) is 11.0. The molecule has 2 aromatic carbocycles. The molecule has 7 rings (SSSR count). The molecule has 1 amide bonds. The van der Waals surface area contributed by atoms with Crippen LogP contribution in [-0.2, 0) is 25.5 Å². The number of ether oxygens (including phenoxy) is 5. The number of methoxy groups -OCH3 is 1. The fraction of sp³-hybridized carbons (Fsp3) is 0.529. The Morgan fingerprint density at radius 1 is 1.25 bits per heavy atom. The van der Waals surface area contributed by atoms with E-state index in [1.165, 1.54) is 0 Å². The molecule has 1 spiro atoms. The molecular formula is C34H42BN2O9SSi. The predicted molar refractivity (Wildman–Crippen MR) is 184 cm³/mol. The lowest BCUT2D eigenvalue weighted by atomic mass is 9.76. The van der Waals surface area contributed by atoms with Crippen molar-refractivity contribution in [2.24, 2.45) is 0 Å². The van der Waals surface area contributed by atoms with Gasteiger partial charge in [0.1, 0.15) is 12.4 Å². The van der Waals surface area contributed by atoms with Gasteiger partial charge in [-0.1, -0.05) is 33.4 Å². The quantitative estimate of drug-likeness (QED) is 0.145. The predicted octanol–water partition coefficient (Wildman–Crippen LogP) is 5.21. The first kappa shape index (κ1) is 31.8. The minimum Gasteiger partial charge on any atom is -0.541 e. The van der Waals surface area contributed by atoms with Gasteiger partial charge in [-0.3, -0.25) is 10.1 Å². The summed E-state index contributed by atoms with van der Waals surface area (Å²) in [6.07, 6.45) is 2.54. The van der Waals surface area contributed by atoms with Gasteiger partial charge in [0.15, 0.2) is 34.6 Å². The Hall–Kier alpha value is -3.49. The molecule has 11 nitrogen and oxygen atoms in total. The second-order valence-electron chi connectivity index (χ2n) is 14.9. The fourth-order valence-corrected chi connectivity index (χ4v) is 8.89. The van der Waals surface area contributed by atoms with Crippen LogP contribution in [0.3, 0.4) is 0 Å². The summed E-state index contributed by atoms with van der Waals surface area (Å²) in [4.78, 5) is 29.3. The molecule has 2 bridgehead atoms. The van der Waals surface area contributed by atoms with E-state index in [1.807, 2.05) is 26.0 Å². The van der Waals surface area contributed by atoms with Crippen molar-refractivity contribution < 1.29 is 41.9 Å². The third-order valence-corrected chi connectivity index (χ3v) is 15.6. The molecule has 48 heavy (non-hydrogen) atoms. The van der Waals surface area contributed by atoms with Gasteiger partial charge >= 0.3 is 5.97 Å². The summed E-state index contributed by atoms with van der Waals surface area (Å²) in [5.41, 5.74) is 1.54. The highest BCUT2D eigenvalue weighted by Gasteiger charge is 2.76. The summed E-state index contributed by atoms with van der Waals surface area (Å²) in [5, 5.41) is 3.45. The number of rotatable bonds is 11. The van der Waals surface area contributed by atoms with Crippen molar-refractivity contribution in [1.29, 1.82) is 1.34 Å². The van der Waals surface area contributed by atoms with E-state index in [0.717, 1.165) is 41.2 Å². The van der Waals surface area contributed by atoms with Gasteiger partial charge in [-0.25, -0.2) is 4.79 Å². The molecule has 0 aromatic heterocycles. The second-order valence-corrected chi connectivity index (χ2v) is 20.0. The molecule has 255 valence electrons. The molecule has 5 aliphatic rings. The molecule has 0 saturated carbocycles. The number of carbonyl (C=O) groups is 2. The van der Waals surface area contributed by atoms with E-state index in [-0.39, 0.29) is 24.3 Å².